The number of hydrogen-bond acceptors (Lipinski definition) is 5. The van der Waals surface area contributed by atoms with Crippen molar-refractivity contribution in [1.82, 2.24) is 10.1 Å². The van der Waals surface area contributed by atoms with Crippen LogP contribution < -0.4 is 5.32 Å². The van der Waals surface area contributed by atoms with Crippen molar-refractivity contribution in [2.24, 2.45) is 0 Å². The van der Waals surface area contributed by atoms with Crippen molar-refractivity contribution in [3.05, 3.63) is 46.1 Å². The van der Waals surface area contributed by atoms with Gasteiger partial charge in [-0.15, -0.1) is 0 Å². The lowest BCUT2D eigenvalue weighted by Gasteiger charge is -2.25. The molecule has 1 aliphatic rings. The maximum absolute atomic E-state index is 13.0. The van der Waals surface area contributed by atoms with Gasteiger partial charge in [0.2, 0.25) is 5.91 Å². The zero-order chi connectivity index (χ0) is 18.5. The highest BCUT2D eigenvalue weighted by atomic mass is 79.9. The van der Waals surface area contributed by atoms with E-state index in [1.165, 1.54) is 4.90 Å². The first-order valence-corrected chi connectivity index (χ1v) is 9.21. The minimum Gasteiger partial charge on any atom is -0.376 e. The van der Waals surface area contributed by atoms with Crippen LogP contribution in [0.2, 0.25) is 0 Å². The van der Waals surface area contributed by atoms with E-state index in [0.717, 1.165) is 12.8 Å². The van der Waals surface area contributed by atoms with Gasteiger partial charge in [-0.2, -0.15) is 0 Å². The second kappa shape index (κ2) is 8.46. The van der Waals surface area contributed by atoms with Gasteiger partial charge in [0.1, 0.15) is 12.3 Å². The molecule has 1 unspecified atom stereocenters. The Hall–Kier alpha value is -2.19. The Kier molecular flexibility index (Phi) is 6.05. The van der Waals surface area contributed by atoms with Crippen LogP contribution in [0, 0.1) is 6.92 Å². The van der Waals surface area contributed by atoms with Crippen molar-refractivity contribution in [1.29, 1.82) is 0 Å². The summed E-state index contributed by atoms with van der Waals surface area (Å²) < 4.78 is 11.3. The first kappa shape index (κ1) is 18.6. The van der Waals surface area contributed by atoms with Gasteiger partial charge in [-0.3, -0.25) is 9.59 Å². The number of hydrogen-bond donors (Lipinski definition) is 1. The topological polar surface area (TPSA) is 84.7 Å². The fourth-order valence-electron chi connectivity index (χ4n) is 2.84. The van der Waals surface area contributed by atoms with Crippen molar-refractivity contribution < 1.29 is 18.8 Å². The summed E-state index contributed by atoms with van der Waals surface area (Å²) in [6.45, 7) is 2.70. The number of nitrogens with zero attached hydrogens (tertiary/aromatic N) is 2. The van der Waals surface area contributed by atoms with Gasteiger partial charge in [-0.05, 0) is 47.8 Å². The van der Waals surface area contributed by atoms with E-state index >= 15 is 0 Å². The number of nitrogens with one attached hydrogen (secondary N) is 1. The third kappa shape index (κ3) is 4.70. The molecule has 1 fully saturated rings. The van der Waals surface area contributed by atoms with E-state index in [2.05, 4.69) is 26.4 Å². The zero-order valence-electron chi connectivity index (χ0n) is 14.4. The van der Waals surface area contributed by atoms with Crippen molar-refractivity contribution in [2.75, 3.05) is 25.0 Å². The molecule has 0 spiro atoms. The minimum atomic E-state index is -0.336. The summed E-state index contributed by atoms with van der Waals surface area (Å²) in [7, 11) is 0. The SMILES string of the molecule is Cc1cc(NC(=O)CN(CC2CCCO2)C(=O)c2ccccc2Br)no1. The molecule has 7 nitrogen and oxygen atoms in total. The summed E-state index contributed by atoms with van der Waals surface area (Å²) in [6, 6.07) is 8.78. The van der Waals surface area contributed by atoms with E-state index in [1.54, 1.807) is 31.2 Å². The van der Waals surface area contributed by atoms with E-state index in [1.807, 2.05) is 6.07 Å². The number of amides is 2. The third-order valence-corrected chi connectivity index (χ3v) is 4.76. The molecule has 1 saturated heterocycles. The van der Waals surface area contributed by atoms with Crippen LogP contribution in [-0.4, -0.2) is 47.7 Å². The molecule has 1 aliphatic heterocycles. The Labute approximate surface area is 159 Å². The number of benzene rings is 1. The fourth-order valence-corrected chi connectivity index (χ4v) is 3.29. The van der Waals surface area contributed by atoms with Gasteiger partial charge in [-0.25, -0.2) is 0 Å². The summed E-state index contributed by atoms with van der Waals surface area (Å²) in [5.74, 6) is 0.370. The van der Waals surface area contributed by atoms with E-state index in [4.69, 9.17) is 9.26 Å². The van der Waals surface area contributed by atoms with E-state index in [9.17, 15) is 9.59 Å². The molecule has 2 aromatic rings. The maximum Gasteiger partial charge on any atom is 0.255 e. The summed E-state index contributed by atoms with van der Waals surface area (Å²) in [5.41, 5.74) is 0.510. The molecule has 0 saturated carbocycles. The average molecular weight is 422 g/mol. The number of rotatable bonds is 6. The van der Waals surface area contributed by atoms with Crippen LogP contribution in [0.25, 0.3) is 0 Å². The van der Waals surface area contributed by atoms with Crippen molar-refractivity contribution in [3.8, 4) is 0 Å². The van der Waals surface area contributed by atoms with Crippen LogP contribution in [0.5, 0.6) is 0 Å². The molecule has 0 bridgehead atoms. The van der Waals surface area contributed by atoms with Gasteiger partial charge < -0.3 is 19.5 Å². The molecule has 26 heavy (non-hydrogen) atoms. The predicted molar refractivity (Wildman–Crippen MR) is 98.9 cm³/mol. The van der Waals surface area contributed by atoms with E-state index in [-0.39, 0.29) is 24.5 Å². The second-order valence-electron chi connectivity index (χ2n) is 6.17. The van der Waals surface area contributed by atoms with Crippen LogP contribution in [-0.2, 0) is 9.53 Å². The molecule has 2 amide bonds. The molecular weight excluding hydrogens is 402 g/mol. The number of aryl methyl sites for hydroxylation is 1. The summed E-state index contributed by atoms with van der Waals surface area (Å²) in [4.78, 5) is 26.9. The number of carbonyl (C=O) groups excluding carboxylic acids is 2. The molecule has 0 aliphatic carbocycles. The van der Waals surface area contributed by atoms with Crippen LogP contribution in [0.3, 0.4) is 0 Å². The second-order valence-corrected chi connectivity index (χ2v) is 7.03. The zero-order valence-corrected chi connectivity index (χ0v) is 16.0. The van der Waals surface area contributed by atoms with Crippen LogP contribution in [0.15, 0.2) is 39.3 Å². The summed E-state index contributed by atoms with van der Waals surface area (Å²) in [5, 5.41) is 6.39. The monoisotopic (exact) mass is 421 g/mol. The van der Waals surface area contributed by atoms with Gasteiger partial charge in [-0.1, -0.05) is 17.3 Å². The Bertz CT molecular complexity index is 786. The Morgan fingerprint density at radius 1 is 1.38 bits per heavy atom. The van der Waals surface area contributed by atoms with Gasteiger partial charge in [0.25, 0.3) is 5.91 Å². The fraction of sp³-hybridized carbons (Fsp3) is 0.389. The largest absolute Gasteiger partial charge is 0.376 e. The highest BCUT2D eigenvalue weighted by Crippen LogP contribution is 2.20. The minimum absolute atomic E-state index is 0.0523. The molecule has 2 heterocycles. The van der Waals surface area contributed by atoms with Crippen molar-refractivity contribution in [2.45, 2.75) is 25.9 Å². The molecule has 1 aromatic carbocycles. The molecular formula is C18H20BrN3O4. The normalized spacial score (nSPS) is 16.5. The first-order chi connectivity index (χ1) is 12.5. The van der Waals surface area contributed by atoms with Gasteiger partial charge in [0.05, 0.1) is 11.7 Å². The van der Waals surface area contributed by atoms with E-state index in [0.29, 0.717) is 34.8 Å². The van der Waals surface area contributed by atoms with Crippen LogP contribution >= 0.6 is 15.9 Å². The van der Waals surface area contributed by atoms with E-state index < -0.39 is 0 Å². The van der Waals surface area contributed by atoms with Gasteiger partial charge in [0.15, 0.2) is 5.82 Å². The standard InChI is InChI=1S/C18H20BrN3O4/c1-12-9-16(21-26-12)20-17(23)11-22(10-13-5-4-8-25-13)18(24)14-6-2-3-7-15(14)19/h2-3,6-7,9,13H,4-5,8,10-11H2,1H3,(H,20,21,23). The van der Waals surface area contributed by atoms with Crippen LogP contribution in [0.1, 0.15) is 29.0 Å². The van der Waals surface area contributed by atoms with Crippen LogP contribution in [0.4, 0.5) is 5.82 Å². The highest BCUT2D eigenvalue weighted by Gasteiger charge is 2.26. The molecule has 1 atom stereocenters. The highest BCUT2D eigenvalue weighted by molar-refractivity contribution is 9.10. The molecule has 138 valence electrons. The maximum atomic E-state index is 13.0. The number of halogens is 1. The third-order valence-electron chi connectivity index (χ3n) is 4.07. The summed E-state index contributed by atoms with van der Waals surface area (Å²) >= 11 is 3.40. The Morgan fingerprint density at radius 2 is 2.19 bits per heavy atom. The first-order valence-electron chi connectivity index (χ1n) is 8.41. The Morgan fingerprint density at radius 3 is 2.85 bits per heavy atom. The lowest BCUT2D eigenvalue weighted by atomic mass is 10.1. The average Bonchev–Trinajstić information content (AvgIpc) is 3.26. The quantitative estimate of drug-likeness (QED) is 0.774. The molecule has 8 heteroatoms. The Balaban J connectivity index is 1.72. The summed E-state index contributed by atoms with van der Waals surface area (Å²) in [6.07, 6.45) is 1.79. The molecule has 1 N–H and O–H groups in total. The lowest BCUT2D eigenvalue weighted by Crippen LogP contribution is -2.42. The number of anilines is 1. The number of aromatic nitrogens is 1. The number of ether oxygens (including phenoxy) is 1. The number of carbonyl (C=O) groups is 2. The van der Waals surface area contributed by atoms with Crippen molar-refractivity contribution >= 4 is 33.6 Å². The molecule has 1 aromatic heterocycles. The van der Waals surface area contributed by atoms with Gasteiger partial charge in [0, 0.05) is 23.7 Å². The lowest BCUT2D eigenvalue weighted by molar-refractivity contribution is -0.117. The molecule has 3 rings (SSSR count). The van der Waals surface area contributed by atoms with Gasteiger partial charge >= 0.3 is 0 Å². The molecule has 0 radical (unpaired) electrons. The predicted octanol–water partition coefficient (Wildman–Crippen LogP) is 3.01. The smallest absolute Gasteiger partial charge is 0.255 e. The van der Waals surface area contributed by atoms with Crippen molar-refractivity contribution in [3.63, 3.8) is 0 Å².